The van der Waals surface area contributed by atoms with Crippen LogP contribution >= 0.6 is 22.7 Å². The van der Waals surface area contributed by atoms with Gasteiger partial charge in [0.1, 0.15) is 5.01 Å². The standard InChI is InChI=1S/C14H14N2O3S2/c1-2-10(14-15-7-8-20-14)16-13(19)11-5-3-9(21-11)4-6-12(17)18/h3-8,10H,2H2,1H3,(H,16,19)(H,17,18). The Hall–Kier alpha value is -1.99. The molecule has 0 radical (unpaired) electrons. The monoisotopic (exact) mass is 322 g/mol. The minimum Gasteiger partial charge on any atom is -0.478 e. The van der Waals surface area contributed by atoms with E-state index in [-0.39, 0.29) is 11.9 Å². The molecule has 7 heteroatoms. The van der Waals surface area contributed by atoms with Crippen molar-refractivity contribution in [1.82, 2.24) is 10.3 Å². The molecule has 5 nitrogen and oxygen atoms in total. The van der Waals surface area contributed by atoms with Crippen molar-refractivity contribution in [3.8, 4) is 0 Å². The summed E-state index contributed by atoms with van der Waals surface area (Å²) in [5.41, 5.74) is 0. The lowest BCUT2D eigenvalue weighted by molar-refractivity contribution is -0.131. The largest absolute Gasteiger partial charge is 0.478 e. The van der Waals surface area contributed by atoms with Crippen LogP contribution in [0.2, 0.25) is 0 Å². The summed E-state index contributed by atoms with van der Waals surface area (Å²) >= 11 is 2.76. The highest BCUT2D eigenvalue weighted by Crippen LogP contribution is 2.22. The fraction of sp³-hybridized carbons (Fsp3) is 0.214. The zero-order valence-electron chi connectivity index (χ0n) is 11.3. The highest BCUT2D eigenvalue weighted by molar-refractivity contribution is 7.14. The van der Waals surface area contributed by atoms with Gasteiger partial charge in [-0.2, -0.15) is 0 Å². The first-order valence-corrected chi connectivity index (χ1v) is 8.01. The van der Waals surface area contributed by atoms with Gasteiger partial charge in [-0.3, -0.25) is 4.79 Å². The van der Waals surface area contributed by atoms with Crippen molar-refractivity contribution < 1.29 is 14.7 Å². The molecule has 0 aliphatic carbocycles. The van der Waals surface area contributed by atoms with Crippen molar-refractivity contribution >= 4 is 40.6 Å². The first-order chi connectivity index (χ1) is 10.1. The lowest BCUT2D eigenvalue weighted by atomic mass is 10.2. The topological polar surface area (TPSA) is 79.3 Å². The van der Waals surface area contributed by atoms with Crippen LogP contribution in [0.5, 0.6) is 0 Å². The molecule has 2 aromatic heterocycles. The van der Waals surface area contributed by atoms with Gasteiger partial charge in [-0.05, 0) is 24.6 Å². The average Bonchev–Trinajstić information content (AvgIpc) is 3.13. The number of carbonyl (C=O) groups is 2. The molecule has 110 valence electrons. The van der Waals surface area contributed by atoms with E-state index < -0.39 is 5.97 Å². The lowest BCUT2D eigenvalue weighted by Crippen LogP contribution is -2.27. The van der Waals surface area contributed by atoms with E-state index in [2.05, 4.69) is 10.3 Å². The van der Waals surface area contributed by atoms with E-state index in [9.17, 15) is 9.59 Å². The molecule has 0 bridgehead atoms. The third-order valence-corrected chi connectivity index (χ3v) is 4.64. The molecule has 0 fully saturated rings. The second-order valence-electron chi connectivity index (χ2n) is 4.18. The molecule has 0 spiro atoms. The highest BCUT2D eigenvalue weighted by Gasteiger charge is 2.17. The van der Waals surface area contributed by atoms with Gasteiger partial charge >= 0.3 is 5.97 Å². The quantitative estimate of drug-likeness (QED) is 0.801. The summed E-state index contributed by atoms with van der Waals surface area (Å²) in [5.74, 6) is -1.18. The first-order valence-electron chi connectivity index (χ1n) is 6.31. The van der Waals surface area contributed by atoms with Crippen LogP contribution < -0.4 is 5.32 Å². The SMILES string of the molecule is CCC(NC(=O)c1ccc(C=CC(=O)O)s1)c1nccs1. The molecule has 0 aliphatic rings. The van der Waals surface area contributed by atoms with E-state index >= 15 is 0 Å². The average molecular weight is 322 g/mol. The second-order valence-corrected chi connectivity index (χ2v) is 6.22. The molecule has 2 aromatic rings. The predicted octanol–water partition coefficient (Wildman–Crippen LogP) is 3.18. The number of carbonyl (C=O) groups excluding carboxylic acids is 1. The molecule has 0 aromatic carbocycles. The number of carboxylic acids is 1. The third kappa shape index (κ3) is 4.24. The second kappa shape index (κ2) is 7.14. The van der Waals surface area contributed by atoms with Crippen molar-refractivity contribution in [2.75, 3.05) is 0 Å². The Labute approximate surface area is 130 Å². The summed E-state index contributed by atoms with van der Waals surface area (Å²) in [7, 11) is 0. The summed E-state index contributed by atoms with van der Waals surface area (Å²) in [6.07, 6.45) is 5.00. The smallest absolute Gasteiger partial charge is 0.328 e. The molecule has 2 heterocycles. The van der Waals surface area contributed by atoms with Gasteiger partial charge in [0.15, 0.2) is 0 Å². The molecule has 0 saturated carbocycles. The maximum absolute atomic E-state index is 12.2. The molecule has 0 saturated heterocycles. The number of nitrogens with one attached hydrogen (secondary N) is 1. The molecular formula is C14H14N2O3S2. The van der Waals surface area contributed by atoms with Crippen LogP contribution in [0.15, 0.2) is 29.8 Å². The number of hydrogen-bond donors (Lipinski definition) is 2. The van der Waals surface area contributed by atoms with E-state index in [0.717, 1.165) is 22.4 Å². The number of amides is 1. The van der Waals surface area contributed by atoms with Gasteiger partial charge < -0.3 is 10.4 Å². The Morgan fingerprint density at radius 3 is 2.90 bits per heavy atom. The van der Waals surface area contributed by atoms with E-state index in [0.29, 0.717) is 4.88 Å². The van der Waals surface area contributed by atoms with Gasteiger partial charge in [0.25, 0.3) is 5.91 Å². The van der Waals surface area contributed by atoms with Crippen LogP contribution in [0.25, 0.3) is 6.08 Å². The summed E-state index contributed by atoms with van der Waals surface area (Å²) in [6.45, 7) is 1.99. The number of aliphatic carboxylic acids is 1. The van der Waals surface area contributed by atoms with Gasteiger partial charge in [0.2, 0.25) is 0 Å². The lowest BCUT2D eigenvalue weighted by Gasteiger charge is -2.13. The molecule has 2 N–H and O–H groups in total. The maximum atomic E-state index is 12.2. The first kappa shape index (κ1) is 15.4. The number of nitrogens with zero attached hydrogens (tertiary/aromatic N) is 1. The molecule has 1 amide bonds. The molecule has 21 heavy (non-hydrogen) atoms. The van der Waals surface area contributed by atoms with Gasteiger partial charge in [-0.25, -0.2) is 9.78 Å². The number of aromatic nitrogens is 1. The summed E-state index contributed by atoms with van der Waals surface area (Å²) < 4.78 is 0. The number of thiophene rings is 1. The Kier molecular flexibility index (Phi) is 5.24. The Bertz CT molecular complexity index is 647. The zero-order valence-corrected chi connectivity index (χ0v) is 12.9. The number of rotatable bonds is 6. The van der Waals surface area contributed by atoms with Crippen LogP contribution in [0.1, 0.15) is 38.9 Å². The summed E-state index contributed by atoms with van der Waals surface area (Å²) in [4.78, 5) is 28.2. The van der Waals surface area contributed by atoms with Crippen molar-refractivity contribution in [2.24, 2.45) is 0 Å². The summed E-state index contributed by atoms with van der Waals surface area (Å²) in [5, 5.41) is 14.3. The van der Waals surface area contributed by atoms with Crippen molar-refractivity contribution in [3.05, 3.63) is 44.5 Å². The number of carboxylic acid groups (broad SMARTS) is 1. The molecule has 1 atom stereocenters. The number of thiazole rings is 1. The predicted molar refractivity (Wildman–Crippen MR) is 83.6 cm³/mol. The molecule has 1 unspecified atom stereocenters. The highest BCUT2D eigenvalue weighted by atomic mass is 32.1. The van der Waals surface area contributed by atoms with Crippen molar-refractivity contribution in [3.63, 3.8) is 0 Å². The fourth-order valence-electron chi connectivity index (χ4n) is 1.69. The number of hydrogen-bond acceptors (Lipinski definition) is 5. The summed E-state index contributed by atoms with van der Waals surface area (Å²) in [6, 6.07) is 3.32. The van der Waals surface area contributed by atoms with Crippen LogP contribution in [0, 0.1) is 0 Å². The Morgan fingerprint density at radius 1 is 1.48 bits per heavy atom. The third-order valence-electron chi connectivity index (χ3n) is 2.70. The maximum Gasteiger partial charge on any atom is 0.328 e. The van der Waals surface area contributed by atoms with E-state index in [1.807, 2.05) is 12.3 Å². The van der Waals surface area contributed by atoms with Crippen molar-refractivity contribution in [1.29, 1.82) is 0 Å². The van der Waals surface area contributed by atoms with Gasteiger partial charge in [0, 0.05) is 22.5 Å². The fourth-order valence-corrected chi connectivity index (χ4v) is 3.28. The van der Waals surface area contributed by atoms with E-state index in [4.69, 9.17) is 5.11 Å². The van der Waals surface area contributed by atoms with Crippen LogP contribution in [0.3, 0.4) is 0 Å². The van der Waals surface area contributed by atoms with E-state index in [1.54, 1.807) is 18.3 Å². The van der Waals surface area contributed by atoms with Crippen LogP contribution in [0.4, 0.5) is 0 Å². The van der Waals surface area contributed by atoms with Crippen LogP contribution in [-0.4, -0.2) is 22.0 Å². The van der Waals surface area contributed by atoms with Crippen molar-refractivity contribution in [2.45, 2.75) is 19.4 Å². The molecule has 0 aliphatic heterocycles. The minimum absolute atomic E-state index is 0.0994. The zero-order chi connectivity index (χ0) is 15.2. The van der Waals surface area contributed by atoms with Gasteiger partial charge in [-0.15, -0.1) is 22.7 Å². The Balaban J connectivity index is 2.05. The van der Waals surface area contributed by atoms with Gasteiger partial charge in [0.05, 0.1) is 10.9 Å². The van der Waals surface area contributed by atoms with Gasteiger partial charge in [-0.1, -0.05) is 6.92 Å². The molecular weight excluding hydrogens is 308 g/mol. The minimum atomic E-state index is -1.01. The van der Waals surface area contributed by atoms with E-state index in [1.165, 1.54) is 28.7 Å². The van der Waals surface area contributed by atoms with Crippen LogP contribution in [-0.2, 0) is 4.79 Å². The molecule has 2 rings (SSSR count). The normalized spacial score (nSPS) is 12.4. The Morgan fingerprint density at radius 2 is 2.29 bits per heavy atom.